The molecule has 0 atom stereocenters. The van der Waals surface area contributed by atoms with Crippen molar-refractivity contribution in [3.63, 3.8) is 0 Å². The standard InChI is InChI=1S/C7H4IN5/c1-13-3-10-6-5(13)4(2-9)11-7(8)12-6/h3H,1H3. The number of nitrogens with zero attached hydrogens (tertiary/aromatic N) is 5. The number of hydrogen-bond donors (Lipinski definition) is 0. The molecule has 0 saturated carbocycles. The van der Waals surface area contributed by atoms with Gasteiger partial charge in [-0.2, -0.15) is 5.26 Å². The summed E-state index contributed by atoms with van der Waals surface area (Å²) in [4.78, 5) is 12.1. The van der Waals surface area contributed by atoms with E-state index in [1.165, 1.54) is 0 Å². The predicted octanol–water partition coefficient (Wildman–Crippen LogP) is 0.840. The molecule has 0 fully saturated rings. The molecule has 2 aromatic heterocycles. The molecule has 0 aliphatic carbocycles. The molecular weight excluding hydrogens is 281 g/mol. The van der Waals surface area contributed by atoms with E-state index in [0.717, 1.165) is 0 Å². The summed E-state index contributed by atoms with van der Waals surface area (Å²) < 4.78 is 2.28. The van der Waals surface area contributed by atoms with Gasteiger partial charge in [0.2, 0.25) is 0 Å². The van der Waals surface area contributed by atoms with E-state index in [9.17, 15) is 0 Å². The topological polar surface area (TPSA) is 67.4 Å². The van der Waals surface area contributed by atoms with Crippen LogP contribution in [-0.2, 0) is 7.05 Å². The highest BCUT2D eigenvalue weighted by Gasteiger charge is 2.09. The minimum Gasteiger partial charge on any atom is -0.330 e. The van der Waals surface area contributed by atoms with Gasteiger partial charge in [0, 0.05) is 29.6 Å². The average Bonchev–Trinajstić information content (AvgIpc) is 2.46. The van der Waals surface area contributed by atoms with E-state index >= 15 is 0 Å². The molecule has 0 spiro atoms. The lowest BCUT2D eigenvalue weighted by Gasteiger charge is -1.95. The molecule has 0 aliphatic heterocycles. The minimum absolute atomic E-state index is 0.370. The summed E-state index contributed by atoms with van der Waals surface area (Å²) in [5, 5.41) is 8.82. The molecule has 2 aromatic rings. The van der Waals surface area contributed by atoms with Crippen LogP contribution in [0.5, 0.6) is 0 Å². The number of hydrogen-bond acceptors (Lipinski definition) is 4. The van der Waals surface area contributed by atoms with Crippen LogP contribution in [0.4, 0.5) is 0 Å². The van der Waals surface area contributed by atoms with Crippen molar-refractivity contribution in [1.82, 2.24) is 19.5 Å². The van der Waals surface area contributed by atoms with E-state index in [1.807, 2.05) is 35.7 Å². The highest BCUT2D eigenvalue weighted by Crippen LogP contribution is 2.13. The number of halogens is 1. The van der Waals surface area contributed by atoms with Gasteiger partial charge in [-0.05, 0) is 0 Å². The SMILES string of the molecule is Cn1cnc2nc(I)nc(C#N)c21. The maximum Gasteiger partial charge on any atom is 0.194 e. The second kappa shape index (κ2) is 2.92. The van der Waals surface area contributed by atoms with Gasteiger partial charge in [-0.25, -0.2) is 15.0 Å². The van der Waals surface area contributed by atoms with E-state index in [1.54, 1.807) is 10.9 Å². The first-order valence-electron chi connectivity index (χ1n) is 3.47. The van der Waals surface area contributed by atoms with Gasteiger partial charge in [-0.3, -0.25) is 0 Å². The molecule has 6 heteroatoms. The summed E-state index contributed by atoms with van der Waals surface area (Å²) in [6, 6.07) is 2.02. The van der Waals surface area contributed by atoms with Gasteiger partial charge >= 0.3 is 0 Å². The average molecular weight is 285 g/mol. The number of fused-ring (bicyclic) bond motifs is 1. The molecule has 0 unspecified atom stereocenters. The summed E-state index contributed by atoms with van der Waals surface area (Å²) in [6.45, 7) is 0. The molecule has 5 nitrogen and oxygen atoms in total. The van der Waals surface area contributed by atoms with Gasteiger partial charge < -0.3 is 4.57 Å². The zero-order valence-electron chi connectivity index (χ0n) is 6.69. The first-order valence-corrected chi connectivity index (χ1v) is 4.55. The number of aromatic nitrogens is 4. The normalized spacial score (nSPS) is 10.2. The van der Waals surface area contributed by atoms with Crippen LogP contribution in [0.25, 0.3) is 11.2 Å². The third-order valence-electron chi connectivity index (χ3n) is 1.65. The highest BCUT2D eigenvalue weighted by molar-refractivity contribution is 14.1. The summed E-state index contributed by atoms with van der Waals surface area (Å²) in [5.74, 6) is 0. The van der Waals surface area contributed by atoms with Crippen LogP contribution in [-0.4, -0.2) is 19.5 Å². The molecular formula is C7H4IN5. The molecule has 13 heavy (non-hydrogen) atoms. The Balaban J connectivity index is 2.95. The van der Waals surface area contributed by atoms with E-state index in [-0.39, 0.29) is 0 Å². The van der Waals surface area contributed by atoms with Crippen molar-refractivity contribution in [3.05, 3.63) is 15.9 Å². The zero-order valence-corrected chi connectivity index (χ0v) is 8.85. The molecule has 0 N–H and O–H groups in total. The van der Waals surface area contributed by atoms with Crippen molar-refractivity contribution < 1.29 is 0 Å². The van der Waals surface area contributed by atoms with Crippen molar-refractivity contribution >= 4 is 33.8 Å². The van der Waals surface area contributed by atoms with Crippen molar-refractivity contribution in [2.75, 3.05) is 0 Å². The maximum atomic E-state index is 8.82. The lowest BCUT2D eigenvalue weighted by Crippen LogP contribution is -1.96. The Kier molecular flexibility index (Phi) is 1.88. The second-order valence-corrected chi connectivity index (χ2v) is 3.45. The van der Waals surface area contributed by atoms with Gasteiger partial charge in [-0.1, -0.05) is 0 Å². The van der Waals surface area contributed by atoms with Crippen molar-refractivity contribution in [3.8, 4) is 6.07 Å². The molecule has 0 aromatic carbocycles. The van der Waals surface area contributed by atoms with E-state index in [2.05, 4.69) is 15.0 Å². The molecule has 2 rings (SSSR count). The number of rotatable bonds is 0. The summed E-state index contributed by atoms with van der Waals surface area (Å²) in [5.41, 5.74) is 1.62. The Labute approximate surface area is 87.6 Å². The van der Waals surface area contributed by atoms with Crippen LogP contribution in [0.15, 0.2) is 6.33 Å². The van der Waals surface area contributed by atoms with Crippen molar-refractivity contribution in [1.29, 1.82) is 5.26 Å². The lowest BCUT2D eigenvalue weighted by atomic mass is 10.4. The third-order valence-corrected chi connectivity index (χ3v) is 2.13. The molecule has 0 bridgehead atoms. The van der Waals surface area contributed by atoms with E-state index in [4.69, 9.17) is 5.26 Å². The van der Waals surface area contributed by atoms with Crippen LogP contribution in [0, 0.1) is 15.2 Å². The smallest absolute Gasteiger partial charge is 0.194 e. The van der Waals surface area contributed by atoms with Crippen LogP contribution in [0.2, 0.25) is 0 Å². The van der Waals surface area contributed by atoms with E-state index < -0.39 is 0 Å². The van der Waals surface area contributed by atoms with Crippen molar-refractivity contribution in [2.24, 2.45) is 7.05 Å². The fraction of sp³-hybridized carbons (Fsp3) is 0.143. The monoisotopic (exact) mass is 285 g/mol. The Hall–Kier alpha value is -1.23. The molecule has 0 radical (unpaired) electrons. The first-order chi connectivity index (χ1) is 6.22. The first kappa shape index (κ1) is 8.37. The van der Waals surface area contributed by atoms with Gasteiger partial charge in [0.25, 0.3) is 0 Å². The highest BCUT2D eigenvalue weighted by atomic mass is 127. The summed E-state index contributed by atoms with van der Waals surface area (Å²) >= 11 is 1.96. The Bertz CT molecular complexity index is 509. The minimum atomic E-state index is 0.370. The lowest BCUT2D eigenvalue weighted by molar-refractivity contribution is 0.940. The zero-order chi connectivity index (χ0) is 9.42. The second-order valence-electron chi connectivity index (χ2n) is 2.48. The van der Waals surface area contributed by atoms with Crippen molar-refractivity contribution in [2.45, 2.75) is 0 Å². The predicted molar refractivity (Wildman–Crippen MR) is 53.7 cm³/mol. The fourth-order valence-electron chi connectivity index (χ4n) is 1.11. The van der Waals surface area contributed by atoms with Gasteiger partial charge in [0.1, 0.15) is 11.6 Å². The summed E-state index contributed by atoms with van der Waals surface area (Å²) in [7, 11) is 1.81. The Morgan fingerprint density at radius 3 is 3.00 bits per heavy atom. The third kappa shape index (κ3) is 1.25. The fourth-order valence-corrected chi connectivity index (χ4v) is 1.58. The number of aryl methyl sites for hydroxylation is 1. The summed E-state index contributed by atoms with van der Waals surface area (Å²) in [6.07, 6.45) is 1.62. The largest absolute Gasteiger partial charge is 0.330 e. The van der Waals surface area contributed by atoms with Crippen LogP contribution >= 0.6 is 22.6 Å². The van der Waals surface area contributed by atoms with Crippen LogP contribution in [0.3, 0.4) is 0 Å². The Morgan fingerprint density at radius 1 is 1.54 bits per heavy atom. The molecule has 0 amide bonds. The van der Waals surface area contributed by atoms with Crippen LogP contribution < -0.4 is 0 Å². The maximum absolute atomic E-state index is 8.82. The number of nitriles is 1. The van der Waals surface area contributed by atoms with Gasteiger partial charge in [0.15, 0.2) is 15.2 Å². The van der Waals surface area contributed by atoms with Crippen LogP contribution in [0.1, 0.15) is 5.69 Å². The number of imidazole rings is 1. The van der Waals surface area contributed by atoms with Gasteiger partial charge in [-0.15, -0.1) is 0 Å². The quantitative estimate of drug-likeness (QED) is 0.531. The van der Waals surface area contributed by atoms with Gasteiger partial charge in [0.05, 0.1) is 6.33 Å². The van der Waals surface area contributed by atoms with E-state index in [0.29, 0.717) is 20.7 Å². The molecule has 64 valence electrons. The Morgan fingerprint density at radius 2 is 2.31 bits per heavy atom. The molecule has 0 saturated heterocycles. The molecule has 0 aliphatic rings. The molecule has 2 heterocycles.